The van der Waals surface area contributed by atoms with E-state index in [0.29, 0.717) is 5.69 Å². The van der Waals surface area contributed by atoms with Crippen LogP contribution in [0.25, 0.3) is 5.69 Å². The van der Waals surface area contributed by atoms with E-state index in [1.54, 1.807) is 6.07 Å². The molecular formula is C23H23BrFN3O. The number of halogens is 2. The summed E-state index contributed by atoms with van der Waals surface area (Å²) in [4.78, 5) is 6.94. The van der Waals surface area contributed by atoms with Gasteiger partial charge in [-0.3, -0.25) is 4.99 Å². The average molecular weight is 456 g/mol. The van der Waals surface area contributed by atoms with Gasteiger partial charge in [0.1, 0.15) is 5.82 Å². The van der Waals surface area contributed by atoms with Gasteiger partial charge in [-0.15, -0.1) is 0 Å². The second-order valence-electron chi connectivity index (χ2n) is 7.13. The van der Waals surface area contributed by atoms with Gasteiger partial charge in [-0.25, -0.2) is 4.39 Å². The van der Waals surface area contributed by atoms with E-state index in [1.165, 1.54) is 11.8 Å². The zero-order valence-corrected chi connectivity index (χ0v) is 18.1. The minimum atomic E-state index is -0.261. The fraction of sp³-hybridized carbons (Fsp3) is 0.261. The van der Waals surface area contributed by atoms with Crippen LogP contribution < -0.4 is 4.90 Å². The van der Waals surface area contributed by atoms with E-state index >= 15 is 0 Å². The van der Waals surface area contributed by atoms with Crippen LogP contribution in [0.5, 0.6) is 0 Å². The Morgan fingerprint density at radius 2 is 1.76 bits per heavy atom. The van der Waals surface area contributed by atoms with Gasteiger partial charge >= 0.3 is 0 Å². The van der Waals surface area contributed by atoms with E-state index in [0.717, 1.165) is 53.4 Å². The van der Waals surface area contributed by atoms with E-state index in [4.69, 9.17) is 4.74 Å². The summed E-state index contributed by atoms with van der Waals surface area (Å²) in [5, 5.41) is 0. The van der Waals surface area contributed by atoms with Crippen molar-refractivity contribution in [1.82, 2.24) is 4.57 Å². The van der Waals surface area contributed by atoms with E-state index < -0.39 is 0 Å². The van der Waals surface area contributed by atoms with Gasteiger partial charge in [0.05, 0.1) is 24.6 Å². The number of morpholine rings is 1. The topological polar surface area (TPSA) is 29.8 Å². The third-order valence-corrected chi connectivity index (χ3v) is 5.69. The van der Waals surface area contributed by atoms with Crippen molar-refractivity contribution in [1.29, 1.82) is 0 Å². The van der Waals surface area contributed by atoms with Crippen LogP contribution in [0, 0.1) is 19.7 Å². The zero-order chi connectivity index (χ0) is 20.4. The van der Waals surface area contributed by atoms with Gasteiger partial charge in [0, 0.05) is 46.4 Å². The lowest BCUT2D eigenvalue weighted by atomic mass is 10.2. The molecule has 4 nitrogen and oxygen atoms in total. The predicted molar refractivity (Wildman–Crippen MR) is 120 cm³/mol. The summed E-state index contributed by atoms with van der Waals surface area (Å²) in [6, 6.07) is 15.4. The van der Waals surface area contributed by atoms with E-state index in [2.05, 4.69) is 38.0 Å². The lowest BCUT2D eigenvalue weighted by molar-refractivity contribution is 0.122. The molecule has 0 radical (unpaired) electrons. The zero-order valence-electron chi connectivity index (χ0n) is 16.5. The average Bonchev–Trinajstić information content (AvgIpc) is 3.01. The third-order valence-electron chi connectivity index (χ3n) is 5.20. The summed E-state index contributed by atoms with van der Waals surface area (Å²) in [5.41, 5.74) is 5.52. The number of hydrogen-bond acceptors (Lipinski definition) is 3. The summed E-state index contributed by atoms with van der Waals surface area (Å²) < 4.78 is 22.5. The fourth-order valence-electron chi connectivity index (χ4n) is 3.67. The van der Waals surface area contributed by atoms with Crippen LogP contribution in [-0.2, 0) is 4.74 Å². The Bertz CT molecular complexity index is 1040. The standard InChI is InChI=1S/C23H23BrFN3O/c1-16-13-18(17(2)28(16)23-8-3-19(24)14-22(23)25)15-26-20-4-6-21(7-5-20)27-9-11-29-12-10-27/h3-8,13-15H,9-12H2,1-2H3. The molecule has 4 rings (SSSR count). The van der Waals surface area contributed by atoms with Crippen molar-refractivity contribution in [3.63, 3.8) is 0 Å². The minimum Gasteiger partial charge on any atom is -0.378 e. The number of hydrogen-bond donors (Lipinski definition) is 0. The minimum absolute atomic E-state index is 0.261. The molecule has 0 saturated carbocycles. The highest BCUT2D eigenvalue weighted by molar-refractivity contribution is 9.10. The number of rotatable bonds is 4. The van der Waals surface area contributed by atoms with Crippen molar-refractivity contribution in [2.75, 3.05) is 31.2 Å². The van der Waals surface area contributed by atoms with E-state index in [1.807, 2.05) is 48.9 Å². The summed E-state index contributed by atoms with van der Waals surface area (Å²) in [7, 11) is 0. The van der Waals surface area contributed by atoms with Crippen LogP contribution >= 0.6 is 15.9 Å². The lowest BCUT2D eigenvalue weighted by Gasteiger charge is -2.28. The number of aromatic nitrogens is 1. The molecular weight excluding hydrogens is 433 g/mol. The molecule has 1 aliphatic heterocycles. The number of nitrogens with zero attached hydrogens (tertiary/aromatic N) is 3. The highest BCUT2D eigenvalue weighted by Crippen LogP contribution is 2.25. The Hall–Kier alpha value is -2.44. The Morgan fingerprint density at radius 3 is 2.45 bits per heavy atom. The molecule has 150 valence electrons. The van der Waals surface area contributed by atoms with Crippen LogP contribution in [0.3, 0.4) is 0 Å². The Morgan fingerprint density at radius 1 is 1.03 bits per heavy atom. The van der Waals surface area contributed by atoms with Crippen molar-refractivity contribution in [3.8, 4) is 5.69 Å². The maximum Gasteiger partial charge on any atom is 0.148 e. The summed E-state index contributed by atoms with van der Waals surface area (Å²) >= 11 is 3.31. The van der Waals surface area contributed by atoms with Crippen molar-refractivity contribution in [2.24, 2.45) is 4.99 Å². The highest BCUT2D eigenvalue weighted by Gasteiger charge is 2.13. The van der Waals surface area contributed by atoms with Gasteiger partial charge in [0.25, 0.3) is 0 Å². The van der Waals surface area contributed by atoms with Gasteiger partial charge in [0.15, 0.2) is 0 Å². The molecule has 3 aromatic rings. The summed E-state index contributed by atoms with van der Waals surface area (Å²) in [5.74, 6) is -0.261. The molecule has 29 heavy (non-hydrogen) atoms. The van der Waals surface area contributed by atoms with Crippen molar-refractivity contribution in [3.05, 3.63) is 75.8 Å². The van der Waals surface area contributed by atoms with Crippen LogP contribution in [0.4, 0.5) is 15.8 Å². The number of benzene rings is 2. The quantitative estimate of drug-likeness (QED) is 0.480. The number of aliphatic imine (C=N–C) groups is 1. The number of ether oxygens (including phenoxy) is 1. The van der Waals surface area contributed by atoms with Gasteiger partial charge in [-0.05, 0) is 62.4 Å². The molecule has 0 N–H and O–H groups in total. The van der Waals surface area contributed by atoms with Crippen molar-refractivity contribution < 1.29 is 9.13 Å². The molecule has 0 unspecified atom stereocenters. The Labute approximate surface area is 178 Å². The molecule has 1 aliphatic rings. The molecule has 2 heterocycles. The maximum absolute atomic E-state index is 14.5. The first-order valence-electron chi connectivity index (χ1n) is 9.64. The molecule has 2 aromatic carbocycles. The van der Waals surface area contributed by atoms with Crippen LogP contribution in [0.15, 0.2) is 58.0 Å². The monoisotopic (exact) mass is 455 g/mol. The van der Waals surface area contributed by atoms with E-state index in [-0.39, 0.29) is 5.82 Å². The molecule has 0 aliphatic carbocycles. The maximum atomic E-state index is 14.5. The number of anilines is 1. The predicted octanol–water partition coefficient (Wildman–Crippen LogP) is 5.58. The van der Waals surface area contributed by atoms with Gasteiger partial charge in [-0.1, -0.05) is 15.9 Å². The molecule has 0 atom stereocenters. The SMILES string of the molecule is Cc1cc(C=Nc2ccc(N3CCOCC3)cc2)c(C)n1-c1ccc(Br)cc1F. The summed E-state index contributed by atoms with van der Waals surface area (Å²) in [6.45, 7) is 7.34. The van der Waals surface area contributed by atoms with E-state index in [9.17, 15) is 4.39 Å². The molecule has 0 amide bonds. The molecule has 1 fully saturated rings. The van der Waals surface area contributed by atoms with Crippen LogP contribution in [-0.4, -0.2) is 37.1 Å². The largest absolute Gasteiger partial charge is 0.378 e. The van der Waals surface area contributed by atoms with Crippen molar-refractivity contribution >= 4 is 33.5 Å². The van der Waals surface area contributed by atoms with Gasteiger partial charge in [-0.2, -0.15) is 0 Å². The second-order valence-corrected chi connectivity index (χ2v) is 8.05. The van der Waals surface area contributed by atoms with Crippen LogP contribution in [0.1, 0.15) is 17.0 Å². The molecule has 1 saturated heterocycles. The first-order chi connectivity index (χ1) is 14.0. The summed E-state index contributed by atoms with van der Waals surface area (Å²) in [6.07, 6.45) is 1.85. The Kier molecular flexibility index (Phi) is 5.83. The third kappa shape index (κ3) is 4.28. The van der Waals surface area contributed by atoms with Crippen molar-refractivity contribution in [2.45, 2.75) is 13.8 Å². The highest BCUT2D eigenvalue weighted by atomic mass is 79.9. The molecule has 0 bridgehead atoms. The molecule has 0 spiro atoms. The first kappa shape index (κ1) is 19.9. The second kappa shape index (κ2) is 8.51. The number of aryl methyl sites for hydroxylation is 1. The van der Waals surface area contributed by atoms with Gasteiger partial charge in [0.2, 0.25) is 0 Å². The lowest BCUT2D eigenvalue weighted by Crippen LogP contribution is -2.36. The molecule has 6 heteroatoms. The Balaban J connectivity index is 1.56. The first-order valence-corrected chi connectivity index (χ1v) is 10.4. The van der Waals surface area contributed by atoms with Crippen LogP contribution in [0.2, 0.25) is 0 Å². The smallest absolute Gasteiger partial charge is 0.148 e. The van der Waals surface area contributed by atoms with Gasteiger partial charge < -0.3 is 14.2 Å². The normalized spacial score (nSPS) is 14.7. The fourth-order valence-corrected chi connectivity index (χ4v) is 4.00. The molecule has 1 aromatic heterocycles.